The predicted molar refractivity (Wildman–Crippen MR) is 93.0 cm³/mol. The molecule has 2 unspecified atom stereocenters. The first-order valence-corrected chi connectivity index (χ1v) is 8.66. The maximum absolute atomic E-state index is 12.2. The maximum Gasteiger partial charge on any atom is 0.320 e. The standard InChI is InChI=1S/C20H27NO2/c1-20(2,3)23-19(22)14-21-17-10-7-11-18(21)13-16(12-17)15-8-5-4-6-9-15/h4-6,8-9,12,17-18H,7,10-11,13-14H2,1-3H3. The normalized spacial score (nSPS) is 24.9. The van der Waals surface area contributed by atoms with Crippen molar-refractivity contribution < 1.29 is 9.53 Å². The minimum Gasteiger partial charge on any atom is -0.459 e. The average molecular weight is 313 g/mol. The first-order valence-electron chi connectivity index (χ1n) is 8.66. The molecule has 124 valence electrons. The number of esters is 1. The second-order valence-electron chi connectivity index (χ2n) is 7.67. The molecule has 3 rings (SSSR count). The lowest BCUT2D eigenvalue weighted by Gasteiger charge is -2.44. The molecule has 1 aromatic carbocycles. The van der Waals surface area contributed by atoms with Crippen molar-refractivity contribution in [3.05, 3.63) is 42.0 Å². The molecule has 0 amide bonds. The monoisotopic (exact) mass is 313 g/mol. The van der Waals surface area contributed by atoms with Gasteiger partial charge in [-0.25, -0.2) is 0 Å². The van der Waals surface area contributed by atoms with Crippen LogP contribution in [0.25, 0.3) is 5.57 Å². The van der Waals surface area contributed by atoms with Gasteiger partial charge in [0.2, 0.25) is 0 Å². The Kier molecular flexibility index (Phi) is 4.58. The van der Waals surface area contributed by atoms with Gasteiger partial charge in [0.1, 0.15) is 5.60 Å². The van der Waals surface area contributed by atoms with E-state index in [2.05, 4.69) is 41.3 Å². The molecule has 0 spiro atoms. The molecule has 1 aromatic rings. The number of hydrogen-bond acceptors (Lipinski definition) is 3. The van der Waals surface area contributed by atoms with E-state index in [1.807, 2.05) is 20.8 Å². The van der Waals surface area contributed by atoms with Gasteiger partial charge >= 0.3 is 5.97 Å². The molecule has 2 aliphatic heterocycles. The van der Waals surface area contributed by atoms with Crippen molar-refractivity contribution in [1.82, 2.24) is 4.90 Å². The fraction of sp³-hybridized carbons (Fsp3) is 0.550. The second kappa shape index (κ2) is 6.48. The van der Waals surface area contributed by atoms with Crippen LogP contribution in [0.4, 0.5) is 0 Å². The van der Waals surface area contributed by atoms with Gasteiger partial charge in [0, 0.05) is 12.1 Å². The summed E-state index contributed by atoms with van der Waals surface area (Å²) in [4.78, 5) is 14.6. The van der Waals surface area contributed by atoms with Crippen LogP contribution in [-0.4, -0.2) is 35.1 Å². The van der Waals surface area contributed by atoms with E-state index in [9.17, 15) is 4.79 Å². The Morgan fingerprint density at radius 3 is 2.61 bits per heavy atom. The Balaban J connectivity index is 1.74. The van der Waals surface area contributed by atoms with Crippen LogP contribution in [-0.2, 0) is 9.53 Å². The van der Waals surface area contributed by atoms with Crippen LogP contribution < -0.4 is 0 Å². The van der Waals surface area contributed by atoms with Crippen LogP contribution in [0.1, 0.15) is 52.0 Å². The molecular weight excluding hydrogens is 286 g/mol. The van der Waals surface area contributed by atoms with E-state index in [1.165, 1.54) is 24.0 Å². The van der Waals surface area contributed by atoms with Gasteiger partial charge in [-0.1, -0.05) is 42.8 Å². The Morgan fingerprint density at radius 2 is 1.96 bits per heavy atom. The Hall–Kier alpha value is -1.61. The first-order chi connectivity index (χ1) is 10.9. The van der Waals surface area contributed by atoms with Crippen molar-refractivity contribution in [3.8, 4) is 0 Å². The SMILES string of the molecule is CC(C)(C)OC(=O)CN1C2C=C(c3ccccc3)CC1CCC2. The maximum atomic E-state index is 12.2. The van der Waals surface area contributed by atoms with Crippen LogP contribution in [0.3, 0.4) is 0 Å². The highest BCUT2D eigenvalue weighted by Gasteiger charge is 2.36. The fourth-order valence-corrected chi connectivity index (χ4v) is 3.75. The summed E-state index contributed by atoms with van der Waals surface area (Å²) in [6, 6.07) is 11.4. The summed E-state index contributed by atoms with van der Waals surface area (Å²) in [5.41, 5.74) is 2.34. The third-order valence-electron chi connectivity index (χ3n) is 4.66. The van der Waals surface area contributed by atoms with Crippen LogP contribution in [0.5, 0.6) is 0 Å². The lowest BCUT2D eigenvalue weighted by atomic mass is 9.83. The third kappa shape index (κ3) is 4.03. The van der Waals surface area contributed by atoms with Crippen molar-refractivity contribution in [3.63, 3.8) is 0 Å². The fourth-order valence-electron chi connectivity index (χ4n) is 3.75. The van der Waals surface area contributed by atoms with Crippen molar-refractivity contribution >= 4 is 11.5 Å². The van der Waals surface area contributed by atoms with E-state index in [4.69, 9.17) is 4.74 Å². The van der Waals surface area contributed by atoms with Crippen LogP contribution in [0.2, 0.25) is 0 Å². The van der Waals surface area contributed by atoms with Gasteiger partial charge < -0.3 is 4.74 Å². The molecule has 0 aliphatic carbocycles. The zero-order chi connectivity index (χ0) is 16.4. The van der Waals surface area contributed by atoms with E-state index < -0.39 is 5.60 Å². The molecule has 2 bridgehead atoms. The molecular formula is C20H27NO2. The minimum atomic E-state index is -0.410. The quantitative estimate of drug-likeness (QED) is 0.789. The van der Waals surface area contributed by atoms with Crippen molar-refractivity contribution in [2.75, 3.05) is 6.54 Å². The molecule has 0 aromatic heterocycles. The average Bonchev–Trinajstić information content (AvgIpc) is 2.45. The summed E-state index contributed by atoms with van der Waals surface area (Å²) in [6.45, 7) is 6.19. The van der Waals surface area contributed by atoms with Gasteiger partial charge in [-0.2, -0.15) is 0 Å². The van der Waals surface area contributed by atoms with Crippen molar-refractivity contribution in [2.45, 2.75) is 64.1 Å². The molecule has 0 N–H and O–H groups in total. The number of ether oxygens (including phenoxy) is 1. The predicted octanol–water partition coefficient (Wildman–Crippen LogP) is 4.04. The summed E-state index contributed by atoms with van der Waals surface area (Å²) in [5, 5.41) is 0. The molecule has 0 saturated carbocycles. The highest BCUT2D eigenvalue weighted by atomic mass is 16.6. The summed E-state index contributed by atoms with van der Waals surface area (Å²) >= 11 is 0. The van der Waals surface area contributed by atoms with Gasteiger partial charge in [0.15, 0.2) is 0 Å². The molecule has 2 atom stereocenters. The van der Waals surface area contributed by atoms with E-state index in [-0.39, 0.29) is 5.97 Å². The van der Waals surface area contributed by atoms with Gasteiger partial charge in [0.25, 0.3) is 0 Å². The van der Waals surface area contributed by atoms with E-state index >= 15 is 0 Å². The minimum absolute atomic E-state index is 0.106. The van der Waals surface area contributed by atoms with Gasteiger partial charge in [0.05, 0.1) is 6.54 Å². The molecule has 3 heteroatoms. The van der Waals surface area contributed by atoms with E-state index in [0.29, 0.717) is 18.6 Å². The number of fused-ring (bicyclic) bond motifs is 2. The number of carbonyl (C=O) groups excluding carboxylic acids is 1. The summed E-state index contributed by atoms with van der Waals surface area (Å²) in [5.74, 6) is -0.106. The van der Waals surface area contributed by atoms with Gasteiger partial charge in [-0.15, -0.1) is 0 Å². The lowest BCUT2D eigenvalue weighted by Crippen LogP contribution is -2.51. The smallest absolute Gasteiger partial charge is 0.320 e. The van der Waals surface area contributed by atoms with Gasteiger partial charge in [-0.3, -0.25) is 9.69 Å². The first kappa shape index (κ1) is 16.3. The molecule has 23 heavy (non-hydrogen) atoms. The number of benzene rings is 1. The molecule has 3 nitrogen and oxygen atoms in total. The van der Waals surface area contributed by atoms with Crippen molar-refractivity contribution in [2.24, 2.45) is 0 Å². The zero-order valence-corrected chi connectivity index (χ0v) is 14.4. The third-order valence-corrected chi connectivity index (χ3v) is 4.66. The number of hydrogen-bond donors (Lipinski definition) is 0. The summed E-state index contributed by atoms with van der Waals surface area (Å²) in [6.07, 6.45) is 6.95. The van der Waals surface area contributed by atoms with Crippen LogP contribution in [0.15, 0.2) is 36.4 Å². The Bertz CT molecular complexity index is 585. The topological polar surface area (TPSA) is 29.5 Å². The van der Waals surface area contributed by atoms with E-state index in [1.54, 1.807) is 0 Å². The molecule has 1 saturated heterocycles. The van der Waals surface area contributed by atoms with Crippen LogP contribution >= 0.6 is 0 Å². The number of nitrogens with zero attached hydrogens (tertiary/aromatic N) is 1. The van der Waals surface area contributed by atoms with Crippen molar-refractivity contribution in [1.29, 1.82) is 0 Å². The summed E-state index contributed by atoms with van der Waals surface area (Å²) < 4.78 is 5.52. The lowest BCUT2D eigenvalue weighted by molar-refractivity contribution is -0.157. The van der Waals surface area contributed by atoms with Gasteiger partial charge in [-0.05, 0) is 51.2 Å². The van der Waals surface area contributed by atoms with Crippen LogP contribution in [0, 0.1) is 0 Å². The number of piperidine rings is 1. The van der Waals surface area contributed by atoms with E-state index in [0.717, 1.165) is 12.8 Å². The Labute approximate surface area is 139 Å². The second-order valence-corrected chi connectivity index (χ2v) is 7.67. The molecule has 2 heterocycles. The highest BCUT2D eigenvalue weighted by molar-refractivity contribution is 5.73. The molecule has 2 aliphatic rings. The zero-order valence-electron chi connectivity index (χ0n) is 14.4. The largest absolute Gasteiger partial charge is 0.459 e. The molecule has 1 fully saturated rings. The number of rotatable bonds is 3. The highest BCUT2D eigenvalue weighted by Crippen LogP contribution is 2.36. The summed E-state index contributed by atoms with van der Waals surface area (Å²) in [7, 11) is 0. The Morgan fingerprint density at radius 1 is 1.22 bits per heavy atom. The number of carbonyl (C=O) groups is 1. The molecule has 0 radical (unpaired) electrons.